The van der Waals surface area contributed by atoms with Crippen molar-refractivity contribution in [2.24, 2.45) is 5.92 Å². The molecule has 2 aromatic carbocycles. The van der Waals surface area contributed by atoms with E-state index in [1.807, 2.05) is 36.9 Å². The predicted molar refractivity (Wildman–Crippen MR) is 107 cm³/mol. The van der Waals surface area contributed by atoms with E-state index in [0.717, 1.165) is 37.1 Å². The molecule has 1 heterocycles. The predicted octanol–water partition coefficient (Wildman–Crippen LogP) is 3.98. The summed E-state index contributed by atoms with van der Waals surface area (Å²) in [6.07, 6.45) is 2.02. The van der Waals surface area contributed by atoms with Gasteiger partial charge >= 0.3 is 0 Å². The third kappa shape index (κ3) is 4.33. The molecule has 1 fully saturated rings. The molecule has 0 atom stereocenters. The van der Waals surface area contributed by atoms with E-state index in [1.54, 1.807) is 12.1 Å². The summed E-state index contributed by atoms with van der Waals surface area (Å²) in [7, 11) is -3.71. The van der Waals surface area contributed by atoms with Crippen molar-refractivity contribution in [3.05, 3.63) is 59.2 Å². The van der Waals surface area contributed by atoms with Gasteiger partial charge in [-0.05, 0) is 68.0 Å². The Morgan fingerprint density at radius 1 is 1.00 bits per heavy atom. The van der Waals surface area contributed by atoms with E-state index in [2.05, 4.69) is 11.6 Å². The second-order valence-corrected chi connectivity index (χ2v) is 9.05. The van der Waals surface area contributed by atoms with Crippen LogP contribution in [0.25, 0.3) is 0 Å². The van der Waals surface area contributed by atoms with Crippen molar-refractivity contribution in [2.75, 3.05) is 17.8 Å². The number of nitrogens with one attached hydrogen (secondary N) is 1. The minimum Gasteiger partial charge on any atom is -0.339 e. The zero-order chi connectivity index (χ0) is 19.6. The van der Waals surface area contributed by atoms with E-state index in [4.69, 9.17) is 0 Å². The smallest absolute Gasteiger partial charge is 0.261 e. The van der Waals surface area contributed by atoms with Crippen LogP contribution in [0.2, 0.25) is 0 Å². The number of carbonyl (C=O) groups excluding carboxylic acids is 1. The van der Waals surface area contributed by atoms with Gasteiger partial charge in [0.05, 0.1) is 10.6 Å². The molecule has 0 aliphatic carbocycles. The van der Waals surface area contributed by atoms with Gasteiger partial charge in [0.2, 0.25) is 0 Å². The number of anilines is 1. The molecule has 1 aliphatic rings. The molecule has 1 amide bonds. The van der Waals surface area contributed by atoms with Crippen LogP contribution in [-0.4, -0.2) is 32.3 Å². The third-order valence-corrected chi connectivity index (χ3v) is 6.57. The van der Waals surface area contributed by atoms with Gasteiger partial charge in [-0.2, -0.15) is 0 Å². The van der Waals surface area contributed by atoms with E-state index in [0.29, 0.717) is 17.2 Å². The Bertz CT molecular complexity index is 908. The molecule has 2 aromatic rings. The normalized spacial score (nSPS) is 15.6. The number of aryl methyl sites for hydroxylation is 2. The van der Waals surface area contributed by atoms with E-state index >= 15 is 0 Å². The quantitative estimate of drug-likeness (QED) is 0.864. The topological polar surface area (TPSA) is 66.5 Å². The maximum Gasteiger partial charge on any atom is 0.261 e. The van der Waals surface area contributed by atoms with Crippen LogP contribution in [0.15, 0.2) is 47.4 Å². The number of sulfonamides is 1. The number of benzene rings is 2. The van der Waals surface area contributed by atoms with E-state index in [9.17, 15) is 13.2 Å². The minimum atomic E-state index is -3.71. The molecule has 0 spiro atoms. The van der Waals surface area contributed by atoms with Crippen molar-refractivity contribution < 1.29 is 13.2 Å². The van der Waals surface area contributed by atoms with Crippen molar-refractivity contribution in [3.63, 3.8) is 0 Å². The summed E-state index contributed by atoms with van der Waals surface area (Å²) in [6.45, 7) is 7.45. The first kappa shape index (κ1) is 19.4. The van der Waals surface area contributed by atoms with Crippen molar-refractivity contribution >= 4 is 21.6 Å². The molecular formula is C21H26N2O3S. The summed E-state index contributed by atoms with van der Waals surface area (Å²) < 4.78 is 28.1. The van der Waals surface area contributed by atoms with Crippen LogP contribution in [0.1, 0.15) is 41.3 Å². The lowest BCUT2D eigenvalue weighted by Crippen LogP contribution is -2.37. The Balaban J connectivity index is 1.77. The van der Waals surface area contributed by atoms with Gasteiger partial charge < -0.3 is 4.90 Å². The van der Waals surface area contributed by atoms with Gasteiger partial charge in [-0.15, -0.1) is 0 Å². The number of likely N-dealkylation sites (tertiary alicyclic amines) is 1. The van der Waals surface area contributed by atoms with Gasteiger partial charge in [0.1, 0.15) is 0 Å². The molecule has 0 saturated carbocycles. The van der Waals surface area contributed by atoms with Crippen LogP contribution < -0.4 is 4.72 Å². The molecule has 1 N–H and O–H groups in total. The number of piperidine rings is 1. The fourth-order valence-corrected chi connectivity index (χ4v) is 4.54. The standard InChI is InChI=1S/C21H26N2O3S/c1-15-11-13-23(14-12-15)21(24)18-7-9-19(10-8-18)27(25,26)22-20-16(2)5-4-6-17(20)3/h4-10,15,22H,11-14H2,1-3H3. The number of rotatable bonds is 4. The highest BCUT2D eigenvalue weighted by molar-refractivity contribution is 7.92. The molecule has 144 valence electrons. The van der Waals surface area contributed by atoms with Crippen LogP contribution in [0.5, 0.6) is 0 Å². The van der Waals surface area contributed by atoms with Crippen molar-refractivity contribution in [3.8, 4) is 0 Å². The maximum atomic E-state index is 12.7. The minimum absolute atomic E-state index is 0.0337. The molecule has 0 radical (unpaired) electrons. The van der Waals surface area contributed by atoms with Crippen molar-refractivity contribution in [1.82, 2.24) is 4.90 Å². The molecular weight excluding hydrogens is 360 g/mol. The lowest BCUT2D eigenvalue weighted by Gasteiger charge is -2.30. The van der Waals surface area contributed by atoms with E-state index in [-0.39, 0.29) is 10.8 Å². The monoisotopic (exact) mass is 386 g/mol. The summed E-state index contributed by atoms with van der Waals surface area (Å²) in [5, 5.41) is 0. The van der Waals surface area contributed by atoms with Crippen LogP contribution in [0.4, 0.5) is 5.69 Å². The Morgan fingerprint density at radius 2 is 1.56 bits per heavy atom. The largest absolute Gasteiger partial charge is 0.339 e. The Labute approximate surface area is 161 Å². The second-order valence-electron chi connectivity index (χ2n) is 7.37. The Kier molecular flexibility index (Phi) is 5.56. The first-order valence-corrected chi connectivity index (χ1v) is 10.7. The average Bonchev–Trinajstić information content (AvgIpc) is 2.65. The molecule has 5 nitrogen and oxygen atoms in total. The van der Waals surface area contributed by atoms with Crippen LogP contribution in [-0.2, 0) is 10.0 Å². The number of amides is 1. The fourth-order valence-electron chi connectivity index (χ4n) is 3.34. The van der Waals surface area contributed by atoms with Gasteiger partial charge in [0.25, 0.3) is 15.9 Å². The number of para-hydroxylation sites is 1. The number of nitrogens with zero attached hydrogens (tertiary/aromatic N) is 1. The summed E-state index contributed by atoms with van der Waals surface area (Å²) in [6, 6.07) is 11.8. The number of carbonyl (C=O) groups is 1. The van der Waals surface area contributed by atoms with Gasteiger partial charge in [0, 0.05) is 18.7 Å². The lowest BCUT2D eigenvalue weighted by molar-refractivity contribution is 0.0697. The zero-order valence-corrected chi connectivity index (χ0v) is 16.8. The highest BCUT2D eigenvalue weighted by Crippen LogP contribution is 2.24. The summed E-state index contributed by atoms with van der Waals surface area (Å²) in [5.41, 5.74) is 2.85. The highest BCUT2D eigenvalue weighted by Gasteiger charge is 2.22. The summed E-state index contributed by atoms with van der Waals surface area (Å²) in [4.78, 5) is 14.6. The SMILES string of the molecule is Cc1cccc(C)c1NS(=O)(=O)c1ccc(C(=O)N2CCC(C)CC2)cc1. The highest BCUT2D eigenvalue weighted by atomic mass is 32.2. The summed E-state index contributed by atoms with van der Waals surface area (Å²) >= 11 is 0. The average molecular weight is 387 g/mol. The molecule has 1 saturated heterocycles. The molecule has 6 heteroatoms. The molecule has 0 unspecified atom stereocenters. The van der Waals surface area contributed by atoms with E-state index < -0.39 is 10.0 Å². The van der Waals surface area contributed by atoms with Gasteiger partial charge in [-0.1, -0.05) is 25.1 Å². The molecule has 0 aromatic heterocycles. The number of hydrogen-bond acceptors (Lipinski definition) is 3. The van der Waals surface area contributed by atoms with Crippen LogP contribution in [0, 0.1) is 19.8 Å². The molecule has 3 rings (SSSR count). The fraction of sp³-hybridized carbons (Fsp3) is 0.381. The van der Waals surface area contributed by atoms with E-state index in [1.165, 1.54) is 12.1 Å². The Hall–Kier alpha value is -2.34. The lowest BCUT2D eigenvalue weighted by atomic mass is 9.98. The van der Waals surface area contributed by atoms with Gasteiger partial charge in [-0.3, -0.25) is 9.52 Å². The maximum absolute atomic E-state index is 12.7. The van der Waals surface area contributed by atoms with Crippen LogP contribution in [0.3, 0.4) is 0 Å². The molecule has 1 aliphatic heterocycles. The van der Waals surface area contributed by atoms with Crippen molar-refractivity contribution in [1.29, 1.82) is 0 Å². The van der Waals surface area contributed by atoms with Crippen molar-refractivity contribution in [2.45, 2.75) is 38.5 Å². The summed E-state index contributed by atoms with van der Waals surface area (Å²) in [5.74, 6) is 0.617. The van der Waals surface area contributed by atoms with Gasteiger partial charge in [-0.25, -0.2) is 8.42 Å². The first-order valence-electron chi connectivity index (χ1n) is 9.26. The Morgan fingerprint density at radius 3 is 2.11 bits per heavy atom. The second kappa shape index (κ2) is 7.72. The first-order chi connectivity index (χ1) is 12.8. The molecule has 27 heavy (non-hydrogen) atoms. The molecule has 0 bridgehead atoms. The van der Waals surface area contributed by atoms with Crippen LogP contribution >= 0.6 is 0 Å². The number of hydrogen-bond donors (Lipinski definition) is 1. The third-order valence-electron chi connectivity index (χ3n) is 5.20. The zero-order valence-electron chi connectivity index (χ0n) is 16.0. The van der Waals surface area contributed by atoms with Gasteiger partial charge in [0.15, 0.2) is 0 Å².